The van der Waals surface area contributed by atoms with Crippen molar-refractivity contribution in [1.29, 1.82) is 0 Å². The molecule has 2 rings (SSSR count). The average molecular weight is 134 g/mol. The summed E-state index contributed by atoms with van der Waals surface area (Å²) >= 11 is 0. The van der Waals surface area contributed by atoms with E-state index in [0.717, 1.165) is 5.76 Å². The minimum Gasteiger partial charge on any atom is -0.465 e. The van der Waals surface area contributed by atoms with Crippen LogP contribution in [0.15, 0.2) is 28.4 Å². The van der Waals surface area contributed by atoms with E-state index in [0.29, 0.717) is 0 Å². The fourth-order valence-electron chi connectivity index (χ4n) is 1.10. The summed E-state index contributed by atoms with van der Waals surface area (Å²) in [6, 6.07) is 3.95. The Bertz CT molecular complexity index is 248. The molecule has 0 saturated heterocycles. The first-order valence-electron chi connectivity index (χ1n) is 3.60. The summed E-state index contributed by atoms with van der Waals surface area (Å²) in [4.78, 5) is 0. The van der Waals surface area contributed by atoms with E-state index in [1.807, 2.05) is 12.1 Å². The second-order valence-electron chi connectivity index (χ2n) is 2.71. The van der Waals surface area contributed by atoms with E-state index in [-0.39, 0.29) is 0 Å². The number of hydrogen-bond acceptors (Lipinski definition) is 1. The van der Waals surface area contributed by atoms with Gasteiger partial charge in [0.1, 0.15) is 5.76 Å². The van der Waals surface area contributed by atoms with Crippen LogP contribution in [0.3, 0.4) is 0 Å². The van der Waals surface area contributed by atoms with E-state index >= 15 is 0 Å². The van der Waals surface area contributed by atoms with Crippen LogP contribution in [0.4, 0.5) is 0 Å². The second kappa shape index (κ2) is 2.01. The first kappa shape index (κ1) is 5.78. The van der Waals surface area contributed by atoms with Crippen LogP contribution in [0.5, 0.6) is 0 Å². The third-order valence-corrected chi connectivity index (χ3v) is 1.92. The van der Waals surface area contributed by atoms with E-state index in [1.54, 1.807) is 11.8 Å². The van der Waals surface area contributed by atoms with Gasteiger partial charge in [-0.25, -0.2) is 0 Å². The molecule has 52 valence electrons. The number of allylic oxidation sites excluding steroid dienone is 2. The molecule has 0 atom stereocenters. The Morgan fingerprint density at radius 2 is 2.30 bits per heavy atom. The summed E-state index contributed by atoms with van der Waals surface area (Å²) in [6.45, 7) is 2.13. The molecule has 1 heterocycles. The Labute approximate surface area is 60.4 Å². The van der Waals surface area contributed by atoms with Crippen LogP contribution in [0.25, 0.3) is 5.57 Å². The van der Waals surface area contributed by atoms with Crippen molar-refractivity contribution < 1.29 is 4.42 Å². The van der Waals surface area contributed by atoms with E-state index in [4.69, 9.17) is 4.42 Å². The Morgan fingerprint density at radius 3 is 2.80 bits per heavy atom. The van der Waals surface area contributed by atoms with Crippen molar-refractivity contribution in [2.45, 2.75) is 19.8 Å². The third kappa shape index (κ3) is 0.878. The molecule has 1 aromatic heterocycles. The fourth-order valence-corrected chi connectivity index (χ4v) is 1.10. The van der Waals surface area contributed by atoms with Crippen LogP contribution in [0.1, 0.15) is 25.5 Å². The zero-order valence-corrected chi connectivity index (χ0v) is 6.05. The van der Waals surface area contributed by atoms with E-state index < -0.39 is 0 Å². The van der Waals surface area contributed by atoms with Crippen LogP contribution >= 0.6 is 0 Å². The van der Waals surface area contributed by atoms with E-state index in [2.05, 4.69) is 6.92 Å². The third-order valence-electron chi connectivity index (χ3n) is 1.92. The van der Waals surface area contributed by atoms with Gasteiger partial charge >= 0.3 is 0 Å². The average Bonchev–Trinajstić information content (AvgIpc) is 2.65. The maximum atomic E-state index is 5.24. The molecule has 1 fully saturated rings. The van der Waals surface area contributed by atoms with Crippen LogP contribution in [-0.2, 0) is 0 Å². The molecular weight excluding hydrogens is 124 g/mol. The van der Waals surface area contributed by atoms with Gasteiger partial charge in [-0.1, -0.05) is 5.57 Å². The summed E-state index contributed by atoms with van der Waals surface area (Å²) < 4.78 is 5.24. The van der Waals surface area contributed by atoms with Gasteiger partial charge < -0.3 is 4.42 Å². The standard InChI is InChI=1S/C9H10O/c1-7(8-4-5-8)9-3-2-6-10-9/h2-3,6H,4-5H2,1H3. The quantitative estimate of drug-likeness (QED) is 0.575. The van der Waals surface area contributed by atoms with Gasteiger partial charge in [0.15, 0.2) is 0 Å². The zero-order valence-electron chi connectivity index (χ0n) is 6.05. The summed E-state index contributed by atoms with van der Waals surface area (Å²) in [5, 5.41) is 0. The van der Waals surface area contributed by atoms with Gasteiger partial charge in [0.25, 0.3) is 0 Å². The Morgan fingerprint density at radius 1 is 1.50 bits per heavy atom. The van der Waals surface area contributed by atoms with Crippen molar-refractivity contribution in [3.05, 3.63) is 29.7 Å². The minimum atomic E-state index is 1.03. The summed E-state index contributed by atoms with van der Waals surface area (Å²) in [6.07, 6.45) is 4.26. The van der Waals surface area contributed by atoms with Crippen molar-refractivity contribution in [2.24, 2.45) is 0 Å². The molecule has 1 nitrogen and oxygen atoms in total. The molecule has 0 bridgehead atoms. The molecule has 0 aromatic carbocycles. The van der Waals surface area contributed by atoms with Crippen LogP contribution in [-0.4, -0.2) is 0 Å². The molecule has 0 amide bonds. The smallest absolute Gasteiger partial charge is 0.129 e. The maximum Gasteiger partial charge on any atom is 0.129 e. The Kier molecular flexibility index (Phi) is 1.16. The van der Waals surface area contributed by atoms with E-state index in [9.17, 15) is 0 Å². The van der Waals surface area contributed by atoms with Gasteiger partial charge in [0, 0.05) is 0 Å². The predicted octanol–water partition coefficient (Wildman–Crippen LogP) is 2.85. The van der Waals surface area contributed by atoms with Crippen molar-refractivity contribution in [1.82, 2.24) is 0 Å². The predicted molar refractivity (Wildman–Crippen MR) is 40.5 cm³/mol. The number of hydrogen-bond donors (Lipinski definition) is 0. The largest absolute Gasteiger partial charge is 0.465 e. The second-order valence-corrected chi connectivity index (χ2v) is 2.71. The lowest BCUT2D eigenvalue weighted by atomic mass is 10.2. The lowest BCUT2D eigenvalue weighted by Crippen LogP contribution is -1.70. The number of furan rings is 1. The lowest BCUT2D eigenvalue weighted by molar-refractivity contribution is 0.552. The van der Waals surface area contributed by atoms with Crippen LogP contribution < -0.4 is 0 Å². The highest BCUT2D eigenvalue weighted by atomic mass is 16.3. The first-order chi connectivity index (χ1) is 4.88. The molecular formula is C9H10O. The van der Waals surface area contributed by atoms with Crippen molar-refractivity contribution in [2.75, 3.05) is 0 Å². The number of rotatable bonds is 1. The molecule has 0 aliphatic heterocycles. The molecule has 0 spiro atoms. The summed E-state index contributed by atoms with van der Waals surface area (Å²) in [7, 11) is 0. The normalized spacial score (nSPS) is 15.5. The maximum absolute atomic E-state index is 5.24. The monoisotopic (exact) mass is 134 g/mol. The van der Waals surface area contributed by atoms with Gasteiger partial charge in [-0.2, -0.15) is 0 Å². The highest BCUT2D eigenvalue weighted by Gasteiger charge is 2.16. The van der Waals surface area contributed by atoms with Gasteiger partial charge in [-0.05, 0) is 37.5 Å². The van der Waals surface area contributed by atoms with E-state index in [1.165, 1.54) is 18.4 Å². The van der Waals surface area contributed by atoms with Gasteiger partial charge in [-0.3, -0.25) is 0 Å². The molecule has 1 heteroatoms. The zero-order chi connectivity index (χ0) is 6.97. The Hall–Kier alpha value is -0.980. The molecule has 1 saturated carbocycles. The van der Waals surface area contributed by atoms with Gasteiger partial charge in [0.2, 0.25) is 0 Å². The summed E-state index contributed by atoms with van der Waals surface area (Å²) in [5.41, 5.74) is 2.89. The van der Waals surface area contributed by atoms with Crippen molar-refractivity contribution >= 4 is 5.57 Å². The lowest BCUT2D eigenvalue weighted by Gasteiger charge is -1.91. The molecule has 0 radical (unpaired) electrons. The summed E-state index contributed by atoms with van der Waals surface area (Å²) in [5.74, 6) is 1.03. The Balaban J connectivity index is 2.36. The molecule has 1 aliphatic carbocycles. The van der Waals surface area contributed by atoms with Crippen molar-refractivity contribution in [3.63, 3.8) is 0 Å². The van der Waals surface area contributed by atoms with Gasteiger partial charge in [0.05, 0.1) is 6.26 Å². The van der Waals surface area contributed by atoms with Crippen LogP contribution in [0, 0.1) is 0 Å². The topological polar surface area (TPSA) is 13.1 Å². The minimum absolute atomic E-state index is 1.03. The molecule has 0 N–H and O–H groups in total. The molecule has 10 heavy (non-hydrogen) atoms. The molecule has 0 unspecified atom stereocenters. The fraction of sp³-hybridized carbons (Fsp3) is 0.333. The highest BCUT2D eigenvalue weighted by Crippen LogP contribution is 2.35. The van der Waals surface area contributed by atoms with Crippen LogP contribution in [0.2, 0.25) is 0 Å². The van der Waals surface area contributed by atoms with Gasteiger partial charge in [-0.15, -0.1) is 0 Å². The highest BCUT2D eigenvalue weighted by molar-refractivity contribution is 5.65. The first-order valence-corrected chi connectivity index (χ1v) is 3.60. The van der Waals surface area contributed by atoms with Crippen molar-refractivity contribution in [3.8, 4) is 0 Å². The SMILES string of the molecule is CC(=C1CC1)c1ccco1. The molecule has 1 aliphatic rings. The molecule has 1 aromatic rings.